The van der Waals surface area contributed by atoms with Crippen LogP contribution in [0.25, 0.3) is 0 Å². The average Bonchev–Trinajstić information content (AvgIpc) is 2.52. The second-order valence-corrected chi connectivity index (χ2v) is 5.92. The number of hydrogen-bond donors (Lipinski definition) is 3. The molecule has 0 aromatic heterocycles. The highest BCUT2D eigenvalue weighted by Gasteiger charge is 2.18. The molecule has 0 radical (unpaired) electrons. The highest BCUT2D eigenvalue weighted by atomic mass is 32.1. The van der Waals surface area contributed by atoms with Crippen LogP contribution in [-0.2, 0) is 15.3 Å². The zero-order valence-corrected chi connectivity index (χ0v) is 13.5. The molecule has 0 saturated heterocycles. The number of hydrogen-bond acceptors (Lipinski definition) is 2. The Morgan fingerprint density at radius 1 is 1.27 bits per heavy atom. The fourth-order valence-corrected chi connectivity index (χ4v) is 2.73. The van der Waals surface area contributed by atoms with Crippen LogP contribution in [0.4, 0.5) is 0 Å². The van der Waals surface area contributed by atoms with Crippen LogP contribution in [0.15, 0.2) is 43.0 Å². The molecule has 120 valence electrons. The average molecular weight is 321 g/mol. The molecule has 5 heteroatoms. The third-order valence-corrected chi connectivity index (χ3v) is 4.10. The molecule has 0 saturated carbocycles. The summed E-state index contributed by atoms with van der Waals surface area (Å²) in [5, 5.41) is 13.7. The molecule has 1 aromatic carbocycles. The van der Waals surface area contributed by atoms with Gasteiger partial charge in [0.25, 0.3) is 0 Å². The first-order chi connectivity index (χ1) is 10.6. The smallest absolute Gasteiger partial charge is 0.326 e. The maximum atomic E-state index is 11.6. The Morgan fingerprint density at radius 3 is 2.64 bits per heavy atom. The zero-order chi connectivity index (χ0) is 16.2. The van der Waals surface area contributed by atoms with Gasteiger partial charge in [-0.1, -0.05) is 41.8 Å². The summed E-state index contributed by atoms with van der Waals surface area (Å²) in [6.07, 6.45) is 3.55. The first kappa shape index (κ1) is 18.2. The monoisotopic (exact) mass is 321 g/mol. The van der Waals surface area contributed by atoms with Gasteiger partial charge in [0.15, 0.2) is 0 Å². The van der Waals surface area contributed by atoms with Crippen molar-refractivity contribution in [2.45, 2.75) is 37.5 Å². The maximum absolute atomic E-state index is 11.6. The molecule has 0 heterocycles. The van der Waals surface area contributed by atoms with Crippen molar-refractivity contribution < 1.29 is 14.7 Å². The first-order valence-corrected chi connectivity index (χ1v) is 8.43. The Kier molecular flexibility index (Phi) is 8.91. The van der Waals surface area contributed by atoms with Crippen LogP contribution < -0.4 is 5.32 Å². The lowest BCUT2D eigenvalue weighted by Gasteiger charge is -2.13. The van der Waals surface area contributed by atoms with Gasteiger partial charge in [0.05, 0.1) is 0 Å². The summed E-state index contributed by atoms with van der Waals surface area (Å²) in [4.78, 5) is 22.7. The van der Waals surface area contributed by atoms with E-state index in [0.29, 0.717) is 19.3 Å². The number of carboxylic acid groups (broad SMARTS) is 1. The van der Waals surface area contributed by atoms with Gasteiger partial charge in [-0.15, -0.1) is 6.58 Å². The molecule has 1 atom stereocenters. The summed E-state index contributed by atoms with van der Waals surface area (Å²) < 4.78 is 0. The molecule has 4 nitrogen and oxygen atoms in total. The van der Waals surface area contributed by atoms with Gasteiger partial charge in [-0.2, -0.15) is 11.4 Å². The van der Waals surface area contributed by atoms with E-state index in [1.54, 1.807) is 6.08 Å². The van der Waals surface area contributed by atoms with Crippen LogP contribution in [0, 0.1) is 0 Å². The minimum absolute atomic E-state index is 0.242. The predicted octanol–water partition coefficient (Wildman–Crippen LogP) is 2.77. The molecule has 0 aliphatic carbocycles. The minimum atomic E-state index is -0.986. The summed E-state index contributed by atoms with van der Waals surface area (Å²) in [7, 11) is 0. The maximum Gasteiger partial charge on any atom is 0.326 e. The van der Waals surface area contributed by atoms with E-state index in [2.05, 4.69) is 29.4 Å². The van der Waals surface area contributed by atoms with Crippen molar-refractivity contribution in [3.05, 3.63) is 48.6 Å². The normalized spacial score (nSPS) is 12.4. The van der Waals surface area contributed by atoms with E-state index in [1.807, 2.05) is 18.2 Å². The van der Waals surface area contributed by atoms with Crippen LogP contribution in [0.1, 0.15) is 31.2 Å². The topological polar surface area (TPSA) is 66.4 Å². The minimum Gasteiger partial charge on any atom is -0.480 e. The van der Waals surface area contributed by atoms with Gasteiger partial charge < -0.3 is 10.4 Å². The Morgan fingerprint density at radius 2 is 2.00 bits per heavy atom. The van der Waals surface area contributed by atoms with Gasteiger partial charge in [-0.3, -0.25) is 4.79 Å². The van der Waals surface area contributed by atoms with Crippen LogP contribution >= 0.6 is 11.4 Å². The molecule has 0 aliphatic heterocycles. The van der Waals surface area contributed by atoms with Crippen LogP contribution in [-0.4, -0.2) is 28.4 Å². The number of thiol groups is 1. The van der Waals surface area contributed by atoms with Crippen molar-refractivity contribution in [3.63, 3.8) is 0 Å². The Balaban J connectivity index is 2.33. The number of nitrogens with one attached hydrogen (secondary N) is 1. The van der Waals surface area contributed by atoms with Crippen molar-refractivity contribution in [2.24, 2.45) is 0 Å². The molecule has 1 aromatic rings. The van der Waals surface area contributed by atoms with E-state index in [9.17, 15) is 9.59 Å². The summed E-state index contributed by atoms with van der Waals surface area (Å²) in [6, 6.07) is 9.31. The van der Waals surface area contributed by atoms with E-state index in [0.717, 1.165) is 17.1 Å². The summed E-state index contributed by atoms with van der Waals surface area (Å²) in [6.45, 7) is 3.54. The zero-order valence-electron chi connectivity index (χ0n) is 12.6. The van der Waals surface area contributed by atoms with Crippen molar-refractivity contribution >= 4 is 28.6 Å². The lowest BCUT2D eigenvalue weighted by Crippen LogP contribution is -2.40. The van der Waals surface area contributed by atoms with Gasteiger partial charge in [-0.05, 0) is 24.8 Å². The standard InChI is InChI=1S/C17H23NO3S/c1-2-3-11-16(19)18-15(17(20)21)10-7-12-22-13-14-8-5-4-6-9-14/h2,4-6,8-9,12,15,22H,1,3,7,10-11,13H2,(H,18,19)(H,20,21)/t15-/m0/s1. The SMILES string of the molecule is C=CCCC(=O)N[C@@H](CCC=[SH]Cc1ccccc1)C(=O)O. The molecule has 22 heavy (non-hydrogen) atoms. The molecule has 1 amide bonds. The largest absolute Gasteiger partial charge is 0.480 e. The van der Waals surface area contributed by atoms with E-state index in [1.165, 1.54) is 5.56 Å². The number of rotatable bonds is 10. The van der Waals surface area contributed by atoms with Crippen LogP contribution in [0.5, 0.6) is 0 Å². The molecule has 1 rings (SSSR count). The molecular formula is C17H23NO3S. The lowest BCUT2D eigenvalue weighted by atomic mass is 10.1. The number of carbonyl (C=O) groups excluding carboxylic acids is 1. The third-order valence-electron chi connectivity index (χ3n) is 3.04. The van der Waals surface area contributed by atoms with E-state index >= 15 is 0 Å². The molecular weight excluding hydrogens is 298 g/mol. The third kappa shape index (κ3) is 7.78. The van der Waals surface area contributed by atoms with Crippen LogP contribution in [0.3, 0.4) is 0 Å². The molecule has 0 aliphatic rings. The molecule has 0 fully saturated rings. The van der Waals surface area contributed by atoms with Gasteiger partial charge in [-0.25, -0.2) is 4.79 Å². The molecule has 0 unspecified atom stereocenters. The summed E-state index contributed by atoms with van der Waals surface area (Å²) in [5.74, 6) is -0.307. The van der Waals surface area contributed by atoms with E-state index < -0.39 is 12.0 Å². The lowest BCUT2D eigenvalue weighted by molar-refractivity contribution is -0.141. The summed E-state index contributed by atoms with van der Waals surface area (Å²) >= 11 is 1.15. The molecule has 0 bridgehead atoms. The highest BCUT2D eigenvalue weighted by molar-refractivity contribution is 7.96. The van der Waals surface area contributed by atoms with Crippen molar-refractivity contribution in [1.29, 1.82) is 0 Å². The molecule has 2 N–H and O–H groups in total. The Bertz CT molecular complexity index is 514. The quantitative estimate of drug-likeness (QED) is 0.353. The number of aliphatic carboxylic acids is 1. The number of carboxylic acids is 1. The van der Waals surface area contributed by atoms with Gasteiger partial charge in [0, 0.05) is 12.2 Å². The van der Waals surface area contributed by atoms with Crippen molar-refractivity contribution in [3.8, 4) is 0 Å². The van der Waals surface area contributed by atoms with E-state index in [4.69, 9.17) is 5.11 Å². The molecule has 0 spiro atoms. The first-order valence-electron chi connectivity index (χ1n) is 7.28. The number of allylic oxidation sites excluding steroid dienone is 1. The fraction of sp³-hybridized carbons (Fsp3) is 0.353. The Labute approximate surface area is 135 Å². The van der Waals surface area contributed by atoms with Crippen molar-refractivity contribution in [2.75, 3.05) is 0 Å². The fourth-order valence-electron chi connectivity index (χ4n) is 1.84. The number of carbonyl (C=O) groups is 2. The van der Waals surface area contributed by atoms with Gasteiger partial charge >= 0.3 is 5.97 Å². The summed E-state index contributed by atoms with van der Waals surface area (Å²) in [5.41, 5.74) is 1.26. The second kappa shape index (κ2) is 10.8. The highest BCUT2D eigenvalue weighted by Crippen LogP contribution is 2.06. The predicted molar refractivity (Wildman–Crippen MR) is 93.4 cm³/mol. The number of amides is 1. The Hall–Kier alpha value is -1.88. The van der Waals surface area contributed by atoms with Gasteiger partial charge in [0.2, 0.25) is 5.91 Å². The van der Waals surface area contributed by atoms with Gasteiger partial charge in [0.1, 0.15) is 6.04 Å². The number of benzene rings is 1. The second-order valence-electron chi connectivity index (χ2n) is 4.87. The van der Waals surface area contributed by atoms with Crippen molar-refractivity contribution in [1.82, 2.24) is 5.32 Å². The van der Waals surface area contributed by atoms with Crippen LogP contribution in [0.2, 0.25) is 0 Å². The van der Waals surface area contributed by atoms with E-state index in [-0.39, 0.29) is 12.3 Å².